The Morgan fingerprint density at radius 3 is 2.60 bits per heavy atom. The molecule has 0 aliphatic carbocycles. The number of benzene rings is 3. The quantitative estimate of drug-likeness (QED) is 0.185. The Labute approximate surface area is 259 Å². The molecule has 6 nitrogen and oxygen atoms in total. The van der Waals surface area contributed by atoms with Gasteiger partial charge in [-0.25, -0.2) is 9.78 Å². The Hall–Kier alpha value is -2.57. The number of carbonyl (C=O) groups excluding carboxylic acids is 1. The summed E-state index contributed by atoms with van der Waals surface area (Å²) in [6.07, 6.45) is 4.07. The first kappa shape index (κ1) is 31.9. The molecular formula is C30H30ClLiN2O4S2. The summed E-state index contributed by atoms with van der Waals surface area (Å²) in [5, 5.41) is 13.8. The third-order valence-electron chi connectivity index (χ3n) is 6.12. The first-order valence-electron chi connectivity index (χ1n) is 12.4. The molecule has 1 atom stereocenters. The number of halogens is 1. The summed E-state index contributed by atoms with van der Waals surface area (Å²) < 4.78 is 6.00. The van der Waals surface area contributed by atoms with Gasteiger partial charge in [-0.3, -0.25) is 4.79 Å². The summed E-state index contributed by atoms with van der Waals surface area (Å²) >= 11 is 9.21. The average molecular weight is 589 g/mol. The van der Waals surface area contributed by atoms with E-state index in [0.717, 1.165) is 37.7 Å². The number of thiazole rings is 1. The van der Waals surface area contributed by atoms with Gasteiger partial charge in [0, 0.05) is 22.3 Å². The van der Waals surface area contributed by atoms with Crippen molar-refractivity contribution in [3.63, 3.8) is 0 Å². The molecule has 1 amide bonds. The number of aliphatic carboxylic acids is 1. The van der Waals surface area contributed by atoms with E-state index in [-0.39, 0.29) is 18.9 Å². The van der Waals surface area contributed by atoms with Crippen LogP contribution in [0.25, 0.3) is 21.7 Å². The average Bonchev–Trinajstić information content (AvgIpc) is 3.40. The molecular weight excluding hydrogens is 559 g/mol. The molecule has 0 aliphatic heterocycles. The van der Waals surface area contributed by atoms with Crippen LogP contribution in [0.3, 0.4) is 0 Å². The number of carboxylic acids is 1. The van der Waals surface area contributed by atoms with Crippen LogP contribution >= 0.6 is 34.7 Å². The van der Waals surface area contributed by atoms with Crippen LogP contribution in [-0.4, -0.2) is 58.9 Å². The van der Waals surface area contributed by atoms with E-state index in [2.05, 4.69) is 10.3 Å². The number of hydrogen-bond donors (Lipinski definition) is 2. The Morgan fingerprint density at radius 2 is 1.88 bits per heavy atom. The van der Waals surface area contributed by atoms with Gasteiger partial charge >= 0.3 is 24.8 Å². The zero-order valence-electron chi connectivity index (χ0n) is 21.6. The fraction of sp³-hybridized carbons (Fsp3) is 0.233. The second-order valence-corrected chi connectivity index (χ2v) is 11.5. The second-order valence-electron chi connectivity index (χ2n) is 8.98. The first-order chi connectivity index (χ1) is 18.9. The van der Waals surface area contributed by atoms with Crippen LogP contribution in [0.2, 0.25) is 5.02 Å². The van der Waals surface area contributed by atoms with Gasteiger partial charge in [-0.15, -0.1) is 11.3 Å². The molecule has 4 aromatic rings. The number of carbonyl (C=O) groups is 2. The predicted molar refractivity (Wildman–Crippen MR) is 167 cm³/mol. The standard InChI is InChI=1S/C30H29ClN2O4S2.Li.H/c1-19-6-3-4-9-24(19)26-14-20(10-11-25(26)28(34)33-27(30(35)36)12-13-38-2)17-37-18-23-16-32-29(39-23)21-7-5-8-22(31)15-21;;/h3-11,14-16,27H,12-13,17-18H2,1-2H3,(H,33,34)(H,35,36);;/t27-;;/m0../s1. The number of aromatic nitrogens is 1. The van der Waals surface area contributed by atoms with Gasteiger partial charge in [0.25, 0.3) is 5.91 Å². The van der Waals surface area contributed by atoms with Crippen LogP contribution < -0.4 is 5.32 Å². The van der Waals surface area contributed by atoms with Crippen molar-refractivity contribution in [2.45, 2.75) is 32.6 Å². The first-order valence-corrected chi connectivity index (χ1v) is 14.9. The molecule has 0 radical (unpaired) electrons. The van der Waals surface area contributed by atoms with Crippen LogP contribution in [0.4, 0.5) is 0 Å². The molecule has 10 heteroatoms. The van der Waals surface area contributed by atoms with Crippen molar-refractivity contribution in [1.29, 1.82) is 0 Å². The van der Waals surface area contributed by atoms with Gasteiger partial charge in [0.15, 0.2) is 0 Å². The van der Waals surface area contributed by atoms with Crippen LogP contribution in [0.1, 0.15) is 32.8 Å². The zero-order chi connectivity index (χ0) is 27.8. The molecule has 0 unspecified atom stereocenters. The number of thioether (sulfide) groups is 1. The van der Waals surface area contributed by atoms with Gasteiger partial charge in [-0.05, 0) is 71.9 Å². The molecule has 40 heavy (non-hydrogen) atoms. The number of aryl methyl sites for hydroxylation is 1. The van der Waals surface area contributed by atoms with Crippen molar-refractivity contribution in [2.24, 2.45) is 0 Å². The third-order valence-corrected chi connectivity index (χ3v) is 8.02. The number of rotatable bonds is 12. The van der Waals surface area contributed by atoms with E-state index < -0.39 is 17.9 Å². The molecule has 0 spiro atoms. The van der Waals surface area contributed by atoms with E-state index in [0.29, 0.717) is 36.0 Å². The van der Waals surface area contributed by atoms with Gasteiger partial charge in [-0.1, -0.05) is 54.1 Å². The van der Waals surface area contributed by atoms with Crippen molar-refractivity contribution in [2.75, 3.05) is 12.0 Å². The molecule has 4 rings (SSSR count). The van der Waals surface area contributed by atoms with E-state index in [1.54, 1.807) is 29.2 Å². The monoisotopic (exact) mass is 588 g/mol. The van der Waals surface area contributed by atoms with Crippen molar-refractivity contribution >= 4 is 65.4 Å². The molecule has 204 valence electrons. The Balaban J connectivity index is 0.00000441. The normalized spacial score (nSPS) is 11.5. The summed E-state index contributed by atoms with van der Waals surface area (Å²) in [6.45, 7) is 2.73. The van der Waals surface area contributed by atoms with Crippen LogP contribution in [0.5, 0.6) is 0 Å². The van der Waals surface area contributed by atoms with Gasteiger partial charge in [-0.2, -0.15) is 11.8 Å². The van der Waals surface area contributed by atoms with Crippen LogP contribution in [0, 0.1) is 6.92 Å². The number of carboxylic acid groups (broad SMARTS) is 1. The fourth-order valence-electron chi connectivity index (χ4n) is 4.10. The Kier molecular flexibility index (Phi) is 12.3. The molecule has 0 bridgehead atoms. The van der Waals surface area contributed by atoms with Crippen molar-refractivity contribution < 1.29 is 19.4 Å². The van der Waals surface area contributed by atoms with Crippen molar-refractivity contribution in [3.05, 3.63) is 99.5 Å². The van der Waals surface area contributed by atoms with Gasteiger partial charge in [0.2, 0.25) is 0 Å². The summed E-state index contributed by atoms with van der Waals surface area (Å²) in [6, 6.07) is 20.0. The van der Waals surface area contributed by atoms with Gasteiger partial charge in [0.05, 0.1) is 18.1 Å². The number of amides is 1. The number of nitrogens with one attached hydrogen (secondary N) is 1. The van der Waals surface area contributed by atoms with Crippen LogP contribution in [-0.2, 0) is 22.7 Å². The van der Waals surface area contributed by atoms with Crippen LogP contribution in [0.15, 0.2) is 72.9 Å². The molecule has 1 heterocycles. The third kappa shape index (κ3) is 8.47. The summed E-state index contributed by atoms with van der Waals surface area (Å²) in [7, 11) is 0. The maximum absolute atomic E-state index is 13.3. The van der Waals surface area contributed by atoms with Crippen molar-refractivity contribution in [3.8, 4) is 21.7 Å². The molecule has 2 N–H and O–H groups in total. The number of nitrogens with zero attached hydrogens (tertiary/aromatic N) is 1. The predicted octanol–water partition coefficient (Wildman–Crippen LogP) is 6.44. The minimum atomic E-state index is -1.04. The van der Waals surface area contributed by atoms with Crippen molar-refractivity contribution in [1.82, 2.24) is 10.3 Å². The maximum atomic E-state index is 13.3. The zero-order valence-corrected chi connectivity index (χ0v) is 24.0. The molecule has 0 aliphatic rings. The summed E-state index contributed by atoms with van der Waals surface area (Å²) in [5.74, 6) is -0.813. The second kappa shape index (κ2) is 15.4. The molecule has 0 saturated carbocycles. The van der Waals surface area contributed by atoms with E-state index >= 15 is 0 Å². The SMILES string of the molecule is CSCC[C@H](NC(=O)c1ccc(COCc2cnc(-c3cccc(Cl)c3)s2)cc1-c1ccccc1C)C(=O)O.[LiH]. The molecule has 1 aromatic heterocycles. The number of ether oxygens (including phenoxy) is 1. The van der Waals surface area contributed by atoms with Gasteiger partial charge in [0.1, 0.15) is 11.0 Å². The Morgan fingerprint density at radius 1 is 1.07 bits per heavy atom. The fourth-order valence-corrected chi connectivity index (χ4v) is 5.61. The molecule has 0 saturated heterocycles. The summed E-state index contributed by atoms with van der Waals surface area (Å²) in [4.78, 5) is 30.5. The topological polar surface area (TPSA) is 88.5 Å². The van der Waals surface area contributed by atoms with Gasteiger partial charge < -0.3 is 15.2 Å². The Bertz CT molecular complexity index is 1460. The summed E-state index contributed by atoms with van der Waals surface area (Å²) in [5.41, 5.74) is 4.96. The van der Waals surface area contributed by atoms with E-state index in [1.807, 2.05) is 80.0 Å². The van der Waals surface area contributed by atoms with E-state index in [4.69, 9.17) is 16.3 Å². The molecule has 3 aromatic carbocycles. The van der Waals surface area contributed by atoms with E-state index in [1.165, 1.54) is 0 Å². The molecule has 0 fully saturated rings. The number of hydrogen-bond acceptors (Lipinski definition) is 6. The minimum absolute atomic E-state index is 0. The van der Waals surface area contributed by atoms with E-state index in [9.17, 15) is 14.7 Å².